The fourth-order valence-corrected chi connectivity index (χ4v) is 2.57. The van der Waals surface area contributed by atoms with Gasteiger partial charge in [0.15, 0.2) is 0 Å². The second-order valence-corrected chi connectivity index (χ2v) is 6.80. The summed E-state index contributed by atoms with van der Waals surface area (Å²) >= 11 is 6.22. The van der Waals surface area contributed by atoms with Gasteiger partial charge in [-0.1, -0.05) is 11.6 Å². The first-order valence-electron chi connectivity index (χ1n) is 7.09. The van der Waals surface area contributed by atoms with Crippen molar-refractivity contribution in [3.8, 4) is 5.88 Å². The van der Waals surface area contributed by atoms with Crippen molar-refractivity contribution in [3.05, 3.63) is 23.4 Å². The van der Waals surface area contributed by atoms with Crippen molar-refractivity contribution < 1.29 is 14.0 Å². The first kappa shape index (κ1) is 15.5. The molecule has 2 heterocycles. The second-order valence-electron chi connectivity index (χ2n) is 6.36. The third-order valence-electron chi connectivity index (χ3n) is 4.34. The molecule has 1 fully saturated rings. The van der Waals surface area contributed by atoms with Crippen LogP contribution in [0.5, 0.6) is 5.88 Å². The summed E-state index contributed by atoms with van der Waals surface area (Å²) in [5, 5.41) is 0.555. The Kier molecular flexibility index (Phi) is 3.59. The highest BCUT2D eigenvalue weighted by molar-refractivity contribution is 6.65. The van der Waals surface area contributed by atoms with E-state index in [1.807, 2.05) is 33.8 Å². The summed E-state index contributed by atoms with van der Waals surface area (Å²) in [4.78, 5) is 8.81. The van der Waals surface area contributed by atoms with Crippen LogP contribution < -0.4 is 10.2 Å². The minimum absolute atomic E-state index is 0.424. The summed E-state index contributed by atoms with van der Waals surface area (Å²) < 4.78 is 17.3. The van der Waals surface area contributed by atoms with Gasteiger partial charge in [-0.15, -0.1) is 0 Å². The van der Waals surface area contributed by atoms with E-state index in [1.54, 1.807) is 19.4 Å². The molecule has 2 aromatic rings. The number of hydrogen-bond donors (Lipinski definition) is 0. The topological polar surface area (TPSA) is 53.5 Å². The van der Waals surface area contributed by atoms with Crippen molar-refractivity contribution >= 4 is 35.2 Å². The van der Waals surface area contributed by atoms with Gasteiger partial charge in [0.05, 0.1) is 35.5 Å². The molecule has 0 bridgehead atoms. The fourth-order valence-electron chi connectivity index (χ4n) is 2.35. The van der Waals surface area contributed by atoms with Crippen LogP contribution in [0.25, 0.3) is 11.0 Å². The highest BCUT2D eigenvalue weighted by Gasteiger charge is 2.52. The molecule has 0 N–H and O–H groups in total. The Morgan fingerprint density at radius 3 is 2.36 bits per heavy atom. The van der Waals surface area contributed by atoms with Crippen LogP contribution in [0.2, 0.25) is 5.02 Å². The Morgan fingerprint density at radius 1 is 1.14 bits per heavy atom. The number of hydrogen-bond acceptors (Lipinski definition) is 5. The number of halogens is 1. The smallest absolute Gasteiger partial charge is 0.480 e. The normalized spacial score (nSPS) is 19.6. The van der Waals surface area contributed by atoms with Crippen molar-refractivity contribution in [2.45, 2.75) is 38.9 Å². The molecular weight excluding hydrogens is 302 g/mol. The molecule has 0 atom stereocenters. The Labute approximate surface area is 135 Å². The van der Waals surface area contributed by atoms with Crippen LogP contribution in [0.1, 0.15) is 27.7 Å². The molecule has 1 saturated heterocycles. The summed E-state index contributed by atoms with van der Waals surface area (Å²) in [5.74, 6) is 0.439. The average molecular weight is 321 g/mol. The summed E-state index contributed by atoms with van der Waals surface area (Å²) in [6.07, 6.45) is 1.57. The predicted molar refractivity (Wildman–Crippen MR) is 86.8 cm³/mol. The van der Waals surface area contributed by atoms with Crippen molar-refractivity contribution in [2.24, 2.45) is 0 Å². The lowest BCUT2D eigenvalue weighted by molar-refractivity contribution is 0.00578. The van der Waals surface area contributed by atoms with E-state index in [-0.39, 0.29) is 0 Å². The fraction of sp³-hybridized carbons (Fsp3) is 0.467. The molecule has 22 heavy (non-hydrogen) atoms. The van der Waals surface area contributed by atoms with Gasteiger partial charge in [-0.2, -0.15) is 0 Å². The molecule has 1 aliphatic heterocycles. The molecular formula is C15H18BClN2O3. The monoisotopic (exact) mass is 320 g/mol. The molecule has 0 spiro atoms. The predicted octanol–water partition coefficient (Wildman–Crippen LogP) is 2.59. The number of rotatable bonds is 2. The second kappa shape index (κ2) is 5.08. The molecule has 5 nitrogen and oxygen atoms in total. The van der Waals surface area contributed by atoms with Gasteiger partial charge >= 0.3 is 7.12 Å². The summed E-state index contributed by atoms with van der Waals surface area (Å²) in [6, 6.07) is 3.56. The lowest BCUT2D eigenvalue weighted by Gasteiger charge is -2.32. The van der Waals surface area contributed by atoms with Gasteiger partial charge in [0.25, 0.3) is 0 Å². The highest BCUT2D eigenvalue weighted by Crippen LogP contribution is 2.37. The Hall–Kier alpha value is -1.37. The van der Waals surface area contributed by atoms with Crippen molar-refractivity contribution in [2.75, 3.05) is 7.11 Å². The minimum atomic E-state index is -0.533. The van der Waals surface area contributed by atoms with Crippen molar-refractivity contribution in [3.63, 3.8) is 0 Å². The van der Waals surface area contributed by atoms with E-state index in [2.05, 4.69) is 9.97 Å². The van der Waals surface area contributed by atoms with E-state index in [4.69, 9.17) is 25.6 Å². The maximum absolute atomic E-state index is 6.22. The summed E-state index contributed by atoms with van der Waals surface area (Å²) in [7, 11) is 1.02. The lowest BCUT2D eigenvalue weighted by Crippen LogP contribution is -2.41. The molecule has 1 aromatic heterocycles. The van der Waals surface area contributed by atoms with Crippen LogP contribution in [0.3, 0.4) is 0 Å². The van der Waals surface area contributed by atoms with Gasteiger partial charge in [0.2, 0.25) is 5.88 Å². The molecule has 0 unspecified atom stereocenters. The Bertz CT molecular complexity index is 720. The maximum Gasteiger partial charge on any atom is 0.497 e. The van der Waals surface area contributed by atoms with E-state index in [0.717, 1.165) is 5.46 Å². The molecule has 1 aliphatic rings. The first-order valence-corrected chi connectivity index (χ1v) is 7.47. The number of methoxy groups -OCH3 is 1. The van der Waals surface area contributed by atoms with Crippen LogP contribution in [0.15, 0.2) is 18.3 Å². The lowest BCUT2D eigenvalue weighted by atomic mass is 9.78. The third-order valence-corrected chi connectivity index (χ3v) is 4.55. The largest absolute Gasteiger partial charge is 0.497 e. The Balaban J connectivity index is 2.12. The average Bonchev–Trinajstić information content (AvgIpc) is 2.65. The zero-order valence-electron chi connectivity index (χ0n) is 13.3. The Morgan fingerprint density at radius 2 is 1.77 bits per heavy atom. The van der Waals surface area contributed by atoms with Gasteiger partial charge in [0, 0.05) is 10.5 Å². The van der Waals surface area contributed by atoms with E-state index < -0.39 is 18.3 Å². The molecule has 0 radical (unpaired) electrons. The van der Waals surface area contributed by atoms with E-state index in [9.17, 15) is 0 Å². The number of fused-ring (bicyclic) bond motifs is 1. The zero-order valence-corrected chi connectivity index (χ0v) is 14.1. The van der Waals surface area contributed by atoms with Crippen molar-refractivity contribution in [1.82, 2.24) is 9.97 Å². The van der Waals surface area contributed by atoms with Crippen LogP contribution >= 0.6 is 11.6 Å². The first-order chi connectivity index (χ1) is 10.2. The van der Waals surface area contributed by atoms with Gasteiger partial charge in [-0.05, 0) is 39.8 Å². The maximum atomic E-state index is 6.22. The summed E-state index contributed by atoms with van der Waals surface area (Å²) in [5.41, 5.74) is 1.27. The minimum Gasteiger partial charge on any atom is -0.480 e. The van der Waals surface area contributed by atoms with Gasteiger partial charge in [-0.25, -0.2) is 9.97 Å². The number of nitrogens with zero attached hydrogens (tertiary/aromatic N) is 2. The third kappa shape index (κ3) is 2.45. The van der Waals surface area contributed by atoms with E-state index >= 15 is 0 Å². The van der Waals surface area contributed by atoms with Gasteiger partial charge in [-0.3, -0.25) is 0 Å². The zero-order chi connectivity index (χ0) is 16.1. The highest BCUT2D eigenvalue weighted by atomic mass is 35.5. The van der Waals surface area contributed by atoms with E-state index in [1.165, 1.54) is 0 Å². The number of benzene rings is 1. The quantitative estimate of drug-likeness (QED) is 0.796. The molecule has 0 amide bonds. The summed E-state index contributed by atoms with van der Waals surface area (Å²) in [6.45, 7) is 8.03. The molecule has 3 rings (SSSR count). The SMILES string of the molecule is COc1cnc2c(B3OC(C)(C)C(C)(C)O3)cc(Cl)cc2n1. The van der Waals surface area contributed by atoms with Gasteiger partial charge in [0.1, 0.15) is 0 Å². The van der Waals surface area contributed by atoms with Crippen LogP contribution in [0, 0.1) is 0 Å². The standard InChI is InChI=1S/C15H18BClN2O3/c1-14(2)15(3,4)22-16(21-14)10-6-9(17)7-11-13(10)18-8-12(19-11)20-5/h6-8H,1-5H3. The number of aromatic nitrogens is 2. The van der Waals surface area contributed by atoms with Crippen LogP contribution in [-0.4, -0.2) is 35.4 Å². The van der Waals surface area contributed by atoms with E-state index in [0.29, 0.717) is 21.9 Å². The van der Waals surface area contributed by atoms with Crippen LogP contribution in [0.4, 0.5) is 0 Å². The van der Waals surface area contributed by atoms with Crippen molar-refractivity contribution in [1.29, 1.82) is 0 Å². The van der Waals surface area contributed by atoms with Crippen LogP contribution in [-0.2, 0) is 9.31 Å². The molecule has 7 heteroatoms. The van der Waals surface area contributed by atoms with Gasteiger partial charge < -0.3 is 14.0 Å². The molecule has 1 aromatic carbocycles. The molecule has 0 saturated carbocycles. The molecule has 116 valence electrons. The molecule has 0 aliphatic carbocycles. The number of ether oxygens (including phenoxy) is 1.